The lowest BCUT2D eigenvalue weighted by atomic mass is 10.1. The Morgan fingerprint density at radius 2 is 1.96 bits per heavy atom. The quantitative estimate of drug-likeness (QED) is 0.728. The monoisotopic (exact) mass is 371 g/mol. The van der Waals surface area contributed by atoms with Crippen LogP contribution in [-0.4, -0.2) is 58.6 Å². The summed E-state index contributed by atoms with van der Waals surface area (Å²) >= 11 is 0. The van der Waals surface area contributed by atoms with Gasteiger partial charge in [-0.3, -0.25) is 14.3 Å². The second-order valence-electron chi connectivity index (χ2n) is 6.78. The fourth-order valence-electron chi connectivity index (χ4n) is 2.75. The van der Waals surface area contributed by atoms with Gasteiger partial charge in [0.05, 0.1) is 6.54 Å². The maximum absolute atomic E-state index is 12.4. The average Bonchev–Trinajstić information content (AvgIpc) is 3.20. The highest BCUT2D eigenvalue weighted by atomic mass is 16.2. The predicted molar refractivity (Wildman–Crippen MR) is 105 cm³/mol. The predicted octanol–water partition coefficient (Wildman–Crippen LogP) is 1.67. The van der Waals surface area contributed by atoms with Gasteiger partial charge < -0.3 is 15.1 Å². The lowest BCUT2D eigenvalue weighted by Crippen LogP contribution is -2.40. The van der Waals surface area contributed by atoms with E-state index in [2.05, 4.69) is 41.4 Å². The van der Waals surface area contributed by atoms with Crippen LogP contribution in [0.25, 0.3) is 0 Å². The van der Waals surface area contributed by atoms with Gasteiger partial charge in [-0.2, -0.15) is 5.10 Å². The molecule has 0 aliphatic carbocycles. The van der Waals surface area contributed by atoms with Gasteiger partial charge >= 0.3 is 0 Å². The van der Waals surface area contributed by atoms with E-state index in [0.29, 0.717) is 6.54 Å². The summed E-state index contributed by atoms with van der Waals surface area (Å²) in [5, 5.41) is 6.96. The minimum atomic E-state index is -0.440. The molecule has 1 aromatic heterocycles. The molecular weight excluding hydrogens is 342 g/mol. The number of hydrogen-bond acceptors (Lipinski definition) is 4. The van der Waals surface area contributed by atoms with Crippen LogP contribution >= 0.6 is 0 Å². The standard InChI is InChI=1S/C20H29N5O2/c1-5-23(3)14-18-9-6-8-17(12-18)13-21-19(26)15-24(4)20(27)16(2)25-11-7-10-22-25/h6-12,16H,5,13-15H2,1-4H3,(H,21,26)/t16-/m0/s1. The van der Waals surface area contributed by atoms with Crippen molar-refractivity contribution < 1.29 is 9.59 Å². The maximum Gasteiger partial charge on any atom is 0.247 e. The third kappa shape index (κ3) is 6.21. The van der Waals surface area contributed by atoms with Gasteiger partial charge in [-0.05, 0) is 37.7 Å². The number of likely N-dealkylation sites (N-methyl/N-ethyl adjacent to an activating group) is 1. The average molecular weight is 371 g/mol. The van der Waals surface area contributed by atoms with Crippen LogP contribution in [0.1, 0.15) is 31.0 Å². The van der Waals surface area contributed by atoms with Crippen LogP contribution in [0.4, 0.5) is 0 Å². The van der Waals surface area contributed by atoms with Gasteiger partial charge in [-0.15, -0.1) is 0 Å². The molecular formula is C20H29N5O2. The van der Waals surface area contributed by atoms with E-state index in [1.807, 2.05) is 12.1 Å². The number of benzene rings is 1. The Kier molecular flexibility index (Phi) is 7.55. The molecule has 0 aliphatic heterocycles. The van der Waals surface area contributed by atoms with E-state index < -0.39 is 6.04 Å². The minimum Gasteiger partial charge on any atom is -0.350 e. The molecule has 0 fully saturated rings. The first-order valence-corrected chi connectivity index (χ1v) is 9.17. The molecule has 0 radical (unpaired) electrons. The Bertz CT molecular complexity index is 745. The van der Waals surface area contributed by atoms with Gasteiger partial charge in [0.1, 0.15) is 6.04 Å². The van der Waals surface area contributed by atoms with E-state index in [0.717, 1.165) is 18.7 Å². The zero-order chi connectivity index (χ0) is 19.8. The van der Waals surface area contributed by atoms with Crippen LogP contribution in [0.2, 0.25) is 0 Å². The normalized spacial score (nSPS) is 12.0. The minimum absolute atomic E-state index is 0.0166. The Hall–Kier alpha value is -2.67. The molecule has 2 rings (SSSR count). The summed E-state index contributed by atoms with van der Waals surface area (Å²) in [6, 6.07) is 9.50. The van der Waals surface area contributed by atoms with E-state index in [1.165, 1.54) is 10.5 Å². The van der Waals surface area contributed by atoms with Crippen LogP contribution in [0, 0.1) is 0 Å². The summed E-state index contributed by atoms with van der Waals surface area (Å²) in [4.78, 5) is 28.3. The summed E-state index contributed by atoms with van der Waals surface area (Å²) in [6.07, 6.45) is 3.36. The zero-order valence-corrected chi connectivity index (χ0v) is 16.6. The van der Waals surface area contributed by atoms with E-state index in [9.17, 15) is 9.59 Å². The molecule has 0 aliphatic rings. The molecule has 1 atom stereocenters. The molecule has 1 heterocycles. The Morgan fingerprint density at radius 3 is 2.63 bits per heavy atom. The summed E-state index contributed by atoms with van der Waals surface area (Å²) in [7, 11) is 3.70. The zero-order valence-electron chi connectivity index (χ0n) is 16.6. The molecule has 1 N–H and O–H groups in total. The van der Waals surface area contributed by atoms with E-state index in [4.69, 9.17) is 0 Å². The summed E-state index contributed by atoms with van der Waals surface area (Å²) in [6.45, 7) is 6.21. The summed E-state index contributed by atoms with van der Waals surface area (Å²) in [5.74, 6) is -0.340. The first kappa shape index (κ1) is 20.6. The van der Waals surface area contributed by atoms with Crippen LogP contribution < -0.4 is 5.32 Å². The molecule has 27 heavy (non-hydrogen) atoms. The number of hydrogen-bond donors (Lipinski definition) is 1. The van der Waals surface area contributed by atoms with E-state index >= 15 is 0 Å². The van der Waals surface area contributed by atoms with Crippen molar-refractivity contribution >= 4 is 11.8 Å². The fraction of sp³-hybridized carbons (Fsp3) is 0.450. The molecule has 146 valence electrons. The van der Waals surface area contributed by atoms with Crippen molar-refractivity contribution in [3.63, 3.8) is 0 Å². The third-order valence-electron chi connectivity index (χ3n) is 4.51. The van der Waals surface area contributed by atoms with Gasteiger partial charge in [0.15, 0.2) is 0 Å². The van der Waals surface area contributed by atoms with Crippen molar-refractivity contribution in [2.45, 2.75) is 33.0 Å². The Labute approximate surface area is 161 Å². The van der Waals surface area contributed by atoms with Gasteiger partial charge in [0.25, 0.3) is 0 Å². The van der Waals surface area contributed by atoms with Crippen LogP contribution in [-0.2, 0) is 22.7 Å². The first-order chi connectivity index (χ1) is 12.9. The summed E-state index contributed by atoms with van der Waals surface area (Å²) in [5.41, 5.74) is 2.26. The topological polar surface area (TPSA) is 70.5 Å². The van der Waals surface area contributed by atoms with Crippen LogP contribution in [0.3, 0.4) is 0 Å². The number of nitrogens with one attached hydrogen (secondary N) is 1. The van der Waals surface area contributed by atoms with Gasteiger partial charge in [0, 0.05) is 32.5 Å². The molecule has 2 amide bonds. The lowest BCUT2D eigenvalue weighted by molar-refractivity contribution is -0.137. The fourth-order valence-corrected chi connectivity index (χ4v) is 2.75. The SMILES string of the molecule is CCN(C)Cc1cccc(CNC(=O)CN(C)C(=O)[C@H](C)n2cccn2)c1. The van der Waals surface area contributed by atoms with Crippen LogP contribution in [0.5, 0.6) is 0 Å². The van der Waals surface area contributed by atoms with Gasteiger partial charge in [-0.1, -0.05) is 31.2 Å². The Morgan fingerprint density at radius 1 is 1.22 bits per heavy atom. The number of amides is 2. The highest BCUT2D eigenvalue weighted by molar-refractivity contribution is 5.86. The van der Waals surface area contributed by atoms with Gasteiger partial charge in [0.2, 0.25) is 11.8 Å². The van der Waals surface area contributed by atoms with E-state index in [-0.39, 0.29) is 18.4 Å². The van der Waals surface area contributed by atoms with Crippen molar-refractivity contribution in [1.82, 2.24) is 24.9 Å². The molecule has 7 nitrogen and oxygen atoms in total. The van der Waals surface area contributed by atoms with Crippen molar-refractivity contribution in [3.05, 3.63) is 53.9 Å². The van der Waals surface area contributed by atoms with Crippen molar-refractivity contribution in [3.8, 4) is 0 Å². The highest BCUT2D eigenvalue weighted by Crippen LogP contribution is 2.09. The second kappa shape index (κ2) is 9.87. The van der Waals surface area contributed by atoms with Crippen molar-refractivity contribution in [2.24, 2.45) is 0 Å². The van der Waals surface area contributed by atoms with Gasteiger partial charge in [-0.25, -0.2) is 0 Å². The first-order valence-electron chi connectivity index (χ1n) is 9.17. The molecule has 0 saturated heterocycles. The van der Waals surface area contributed by atoms with Crippen LogP contribution in [0.15, 0.2) is 42.7 Å². The number of aromatic nitrogens is 2. The molecule has 2 aromatic rings. The second-order valence-corrected chi connectivity index (χ2v) is 6.78. The third-order valence-corrected chi connectivity index (χ3v) is 4.51. The molecule has 7 heteroatoms. The van der Waals surface area contributed by atoms with Crippen molar-refractivity contribution in [2.75, 3.05) is 27.2 Å². The van der Waals surface area contributed by atoms with Crippen molar-refractivity contribution in [1.29, 1.82) is 0 Å². The maximum atomic E-state index is 12.4. The molecule has 1 aromatic carbocycles. The molecule has 0 spiro atoms. The number of rotatable bonds is 9. The molecule has 0 bridgehead atoms. The summed E-state index contributed by atoms with van der Waals surface area (Å²) < 4.78 is 1.58. The Balaban J connectivity index is 1.83. The van der Waals surface area contributed by atoms with E-state index in [1.54, 1.807) is 37.1 Å². The highest BCUT2D eigenvalue weighted by Gasteiger charge is 2.21. The molecule has 0 saturated carbocycles. The molecule has 0 unspecified atom stereocenters. The number of carbonyl (C=O) groups is 2. The smallest absolute Gasteiger partial charge is 0.247 e. The number of carbonyl (C=O) groups excluding carboxylic acids is 2. The largest absolute Gasteiger partial charge is 0.350 e. The number of nitrogens with zero attached hydrogens (tertiary/aromatic N) is 4. The lowest BCUT2D eigenvalue weighted by Gasteiger charge is -2.21.